The lowest BCUT2D eigenvalue weighted by Gasteiger charge is -2.27. The normalized spacial score (nSPS) is 16.1. The third-order valence-electron chi connectivity index (χ3n) is 3.88. The molecule has 0 saturated heterocycles. The van der Waals surface area contributed by atoms with Gasteiger partial charge in [-0.25, -0.2) is 0 Å². The van der Waals surface area contributed by atoms with Crippen molar-refractivity contribution in [1.29, 1.82) is 0 Å². The lowest BCUT2D eigenvalue weighted by atomic mass is 9.95. The standard InChI is InChI=1S/C17H12F6O2/c1-2-10-3-5-11(6-4-10)15(18,19)16(20,21)12-7-8-13-14(9-12)25-17(22,23)24-13/h3-9H,2H2,1H3. The highest BCUT2D eigenvalue weighted by atomic mass is 19.3. The molecule has 0 fully saturated rings. The summed E-state index contributed by atoms with van der Waals surface area (Å²) in [6.45, 7) is 1.80. The average molecular weight is 362 g/mol. The molecule has 0 N–H and O–H groups in total. The van der Waals surface area contributed by atoms with Gasteiger partial charge in [-0.2, -0.15) is 17.6 Å². The molecule has 134 valence electrons. The monoisotopic (exact) mass is 362 g/mol. The molecule has 0 bridgehead atoms. The molecule has 0 unspecified atom stereocenters. The number of ether oxygens (including phenoxy) is 2. The quantitative estimate of drug-likeness (QED) is 0.673. The number of hydrogen-bond acceptors (Lipinski definition) is 2. The van der Waals surface area contributed by atoms with E-state index in [-0.39, 0.29) is 0 Å². The van der Waals surface area contributed by atoms with E-state index in [2.05, 4.69) is 9.47 Å². The SMILES string of the molecule is CCc1ccc(C(F)(F)C(F)(F)c2ccc3c(c2)OC(F)(F)O3)cc1. The third kappa shape index (κ3) is 2.89. The molecular formula is C17H12F6O2. The highest BCUT2D eigenvalue weighted by Gasteiger charge is 2.59. The molecule has 0 atom stereocenters. The maximum absolute atomic E-state index is 14.4. The summed E-state index contributed by atoms with van der Waals surface area (Å²) in [6, 6.07) is 6.30. The summed E-state index contributed by atoms with van der Waals surface area (Å²) >= 11 is 0. The van der Waals surface area contributed by atoms with Crippen molar-refractivity contribution in [3.05, 3.63) is 59.2 Å². The van der Waals surface area contributed by atoms with Crippen molar-refractivity contribution in [3.63, 3.8) is 0 Å². The molecule has 8 heteroatoms. The van der Waals surface area contributed by atoms with Crippen molar-refractivity contribution in [1.82, 2.24) is 0 Å². The molecule has 25 heavy (non-hydrogen) atoms. The van der Waals surface area contributed by atoms with E-state index in [0.717, 1.165) is 18.2 Å². The van der Waals surface area contributed by atoms with Gasteiger partial charge in [0.25, 0.3) is 0 Å². The minimum absolute atomic E-state index is 0.435. The summed E-state index contributed by atoms with van der Waals surface area (Å²) in [5.41, 5.74) is -1.32. The lowest BCUT2D eigenvalue weighted by Crippen LogP contribution is -2.35. The van der Waals surface area contributed by atoms with Crippen LogP contribution >= 0.6 is 0 Å². The smallest absolute Gasteiger partial charge is 0.395 e. The van der Waals surface area contributed by atoms with Crippen molar-refractivity contribution in [2.75, 3.05) is 0 Å². The number of benzene rings is 2. The number of halogens is 6. The molecule has 2 aromatic carbocycles. The second kappa shape index (κ2) is 5.57. The van der Waals surface area contributed by atoms with Gasteiger partial charge in [0.2, 0.25) is 0 Å². The van der Waals surface area contributed by atoms with Gasteiger partial charge in [-0.1, -0.05) is 31.2 Å². The van der Waals surface area contributed by atoms with Crippen molar-refractivity contribution in [2.45, 2.75) is 31.5 Å². The Morgan fingerprint density at radius 2 is 1.32 bits per heavy atom. The number of fused-ring (bicyclic) bond motifs is 1. The number of alkyl halides is 6. The molecule has 1 aliphatic rings. The summed E-state index contributed by atoms with van der Waals surface area (Å²) < 4.78 is 91.7. The summed E-state index contributed by atoms with van der Waals surface area (Å²) in [5.74, 6) is -10.4. The van der Waals surface area contributed by atoms with E-state index in [1.54, 1.807) is 6.92 Å². The topological polar surface area (TPSA) is 18.5 Å². The molecule has 0 aromatic heterocycles. The zero-order valence-corrected chi connectivity index (χ0v) is 12.8. The molecule has 2 aromatic rings. The zero-order chi connectivity index (χ0) is 18.5. The van der Waals surface area contributed by atoms with E-state index in [1.807, 2.05) is 0 Å². The van der Waals surface area contributed by atoms with Crippen LogP contribution in [0.1, 0.15) is 23.6 Å². The molecule has 1 heterocycles. The van der Waals surface area contributed by atoms with Crippen LogP contribution in [0.25, 0.3) is 0 Å². The highest BCUT2D eigenvalue weighted by Crippen LogP contribution is 2.52. The second-order valence-corrected chi connectivity index (χ2v) is 5.53. The zero-order valence-electron chi connectivity index (χ0n) is 12.8. The van der Waals surface area contributed by atoms with Crippen LogP contribution in [0, 0.1) is 0 Å². The fourth-order valence-corrected chi connectivity index (χ4v) is 2.46. The number of hydrogen-bond donors (Lipinski definition) is 0. The van der Waals surface area contributed by atoms with Crippen LogP contribution in [0.4, 0.5) is 26.3 Å². The Morgan fingerprint density at radius 1 is 0.800 bits per heavy atom. The van der Waals surface area contributed by atoms with Gasteiger partial charge >= 0.3 is 18.1 Å². The van der Waals surface area contributed by atoms with Crippen molar-refractivity contribution in [2.24, 2.45) is 0 Å². The van der Waals surface area contributed by atoms with Gasteiger partial charge in [-0.15, -0.1) is 8.78 Å². The van der Waals surface area contributed by atoms with Crippen LogP contribution < -0.4 is 9.47 Å². The first-order valence-corrected chi connectivity index (χ1v) is 7.32. The van der Waals surface area contributed by atoms with Gasteiger partial charge < -0.3 is 9.47 Å². The Morgan fingerprint density at radius 3 is 1.92 bits per heavy atom. The van der Waals surface area contributed by atoms with Gasteiger partial charge in [-0.3, -0.25) is 0 Å². The summed E-state index contributed by atoms with van der Waals surface area (Å²) in [7, 11) is 0. The largest absolute Gasteiger partial charge is 0.586 e. The molecular weight excluding hydrogens is 350 g/mol. The van der Waals surface area contributed by atoms with Gasteiger partial charge in [0, 0.05) is 11.1 Å². The summed E-state index contributed by atoms with van der Waals surface area (Å²) in [4.78, 5) is 0. The molecule has 3 rings (SSSR count). The first-order valence-electron chi connectivity index (χ1n) is 7.32. The van der Waals surface area contributed by atoms with Gasteiger partial charge in [0.15, 0.2) is 11.5 Å². The molecule has 0 radical (unpaired) electrons. The van der Waals surface area contributed by atoms with E-state index >= 15 is 0 Å². The van der Waals surface area contributed by atoms with Gasteiger partial charge in [-0.05, 0) is 30.2 Å². The van der Waals surface area contributed by atoms with Crippen LogP contribution in [0.3, 0.4) is 0 Å². The Labute approximate surface area is 139 Å². The van der Waals surface area contributed by atoms with Crippen LogP contribution in [0.5, 0.6) is 11.5 Å². The predicted molar refractivity (Wildman–Crippen MR) is 76.3 cm³/mol. The molecule has 1 aliphatic heterocycles. The van der Waals surface area contributed by atoms with Crippen molar-refractivity contribution in [3.8, 4) is 11.5 Å². The van der Waals surface area contributed by atoms with Crippen molar-refractivity contribution >= 4 is 0 Å². The Kier molecular flexibility index (Phi) is 3.89. The van der Waals surface area contributed by atoms with Gasteiger partial charge in [0.1, 0.15) is 0 Å². The van der Waals surface area contributed by atoms with Crippen LogP contribution in [-0.2, 0) is 18.3 Å². The minimum atomic E-state index is -4.64. The van der Waals surface area contributed by atoms with E-state index < -0.39 is 40.8 Å². The van der Waals surface area contributed by atoms with E-state index in [1.165, 1.54) is 12.1 Å². The van der Waals surface area contributed by atoms with E-state index in [4.69, 9.17) is 0 Å². The second-order valence-electron chi connectivity index (χ2n) is 5.53. The lowest BCUT2D eigenvalue weighted by molar-refractivity contribution is -0.286. The van der Waals surface area contributed by atoms with Crippen LogP contribution in [0.15, 0.2) is 42.5 Å². The number of rotatable bonds is 4. The average Bonchev–Trinajstić information content (AvgIpc) is 2.87. The van der Waals surface area contributed by atoms with Crippen molar-refractivity contribution < 1.29 is 35.8 Å². The van der Waals surface area contributed by atoms with E-state index in [0.29, 0.717) is 24.1 Å². The molecule has 2 nitrogen and oxygen atoms in total. The first-order chi connectivity index (χ1) is 11.6. The van der Waals surface area contributed by atoms with E-state index in [9.17, 15) is 26.3 Å². The third-order valence-corrected chi connectivity index (χ3v) is 3.88. The number of aryl methyl sites for hydroxylation is 1. The summed E-state index contributed by atoms with van der Waals surface area (Å²) in [5, 5.41) is 0. The molecule has 0 aliphatic carbocycles. The predicted octanol–water partition coefficient (Wildman–Crippen LogP) is 5.45. The molecule has 0 amide bonds. The maximum atomic E-state index is 14.4. The Hall–Kier alpha value is -2.38. The minimum Gasteiger partial charge on any atom is -0.395 e. The maximum Gasteiger partial charge on any atom is 0.586 e. The van der Waals surface area contributed by atoms with Crippen LogP contribution in [0.2, 0.25) is 0 Å². The molecule has 0 spiro atoms. The Bertz CT molecular complexity index is 786. The molecule has 0 saturated carbocycles. The fourth-order valence-electron chi connectivity index (χ4n) is 2.46. The Balaban J connectivity index is 1.97. The fraction of sp³-hybridized carbons (Fsp3) is 0.294. The first kappa shape index (κ1) is 17.4. The van der Waals surface area contributed by atoms with Crippen LogP contribution in [-0.4, -0.2) is 6.29 Å². The highest BCUT2D eigenvalue weighted by molar-refractivity contribution is 5.47. The summed E-state index contributed by atoms with van der Waals surface area (Å²) in [6.07, 6.45) is -3.45. The van der Waals surface area contributed by atoms with Gasteiger partial charge in [0.05, 0.1) is 0 Å².